The molecule has 5 rings (SSSR count). The summed E-state index contributed by atoms with van der Waals surface area (Å²) in [7, 11) is 1.59. The summed E-state index contributed by atoms with van der Waals surface area (Å²) >= 11 is 0. The van der Waals surface area contributed by atoms with Gasteiger partial charge in [-0.15, -0.1) is 0 Å². The summed E-state index contributed by atoms with van der Waals surface area (Å²) < 4.78 is 10.7. The van der Waals surface area contributed by atoms with E-state index in [-0.39, 0.29) is 29.8 Å². The molecule has 1 aliphatic carbocycles. The SMILES string of the molecule is COc1ccc(CC(CC(=O)C(C)NC(=O)c2ccc3c(c2)CN=C3)C(=O)NC(CC2CCCC2)C(=O)C2(C)CO2)cc1. The van der Waals surface area contributed by atoms with Crippen molar-refractivity contribution in [1.29, 1.82) is 0 Å². The molecule has 2 aliphatic heterocycles. The first-order valence-electron chi connectivity index (χ1n) is 15.2. The van der Waals surface area contributed by atoms with Gasteiger partial charge in [0.15, 0.2) is 11.6 Å². The number of methoxy groups -OCH3 is 1. The molecule has 0 aromatic heterocycles. The predicted molar refractivity (Wildman–Crippen MR) is 162 cm³/mol. The lowest BCUT2D eigenvalue weighted by Gasteiger charge is -2.26. The van der Waals surface area contributed by atoms with Gasteiger partial charge < -0.3 is 20.1 Å². The fraction of sp³-hybridized carbons (Fsp3) is 0.500. The molecule has 2 aromatic carbocycles. The number of nitrogens with zero attached hydrogens (tertiary/aromatic N) is 1. The van der Waals surface area contributed by atoms with Crippen LogP contribution in [0.3, 0.4) is 0 Å². The van der Waals surface area contributed by atoms with Gasteiger partial charge in [0, 0.05) is 24.1 Å². The lowest BCUT2D eigenvalue weighted by molar-refractivity contribution is -0.134. The molecule has 0 bridgehead atoms. The summed E-state index contributed by atoms with van der Waals surface area (Å²) in [6.45, 7) is 4.28. The fourth-order valence-corrected chi connectivity index (χ4v) is 6.06. The van der Waals surface area contributed by atoms with E-state index < -0.39 is 23.6 Å². The number of Topliss-reactive ketones (excluding diaryl/α,β-unsaturated/α-hetero) is 2. The molecule has 228 valence electrons. The Labute approximate surface area is 252 Å². The largest absolute Gasteiger partial charge is 0.497 e. The number of ether oxygens (including phenoxy) is 2. The van der Waals surface area contributed by atoms with Gasteiger partial charge in [-0.3, -0.25) is 24.2 Å². The van der Waals surface area contributed by atoms with Crippen LogP contribution in [0.4, 0.5) is 0 Å². The quantitative estimate of drug-likeness (QED) is 0.322. The van der Waals surface area contributed by atoms with E-state index in [9.17, 15) is 19.2 Å². The molecule has 4 atom stereocenters. The van der Waals surface area contributed by atoms with Crippen molar-refractivity contribution in [1.82, 2.24) is 10.6 Å². The van der Waals surface area contributed by atoms with Gasteiger partial charge in [0.05, 0.1) is 32.3 Å². The number of aliphatic imine (C=N–C) groups is 1. The molecule has 2 amide bonds. The highest BCUT2D eigenvalue weighted by Gasteiger charge is 2.50. The second-order valence-electron chi connectivity index (χ2n) is 12.3. The average molecular weight is 588 g/mol. The van der Waals surface area contributed by atoms with Crippen LogP contribution in [-0.4, -0.2) is 61.0 Å². The number of ketones is 2. The van der Waals surface area contributed by atoms with Gasteiger partial charge in [-0.1, -0.05) is 43.9 Å². The van der Waals surface area contributed by atoms with E-state index in [1.807, 2.05) is 30.3 Å². The highest BCUT2D eigenvalue weighted by molar-refractivity contribution is 6.00. The van der Waals surface area contributed by atoms with Crippen LogP contribution in [0, 0.1) is 11.8 Å². The Morgan fingerprint density at radius 1 is 1.07 bits per heavy atom. The van der Waals surface area contributed by atoms with Crippen LogP contribution in [0.1, 0.15) is 79.4 Å². The topological polar surface area (TPSA) is 126 Å². The van der Waals surface area contributed by atoms with E-state index in [0.717, 1.165) is 42.4 Å². The molecule has 0 radical (unpaired) electrons. The minimum atomic E-state index is -0.861. The first kappa shape index (κ1) is 30.6. The minimum absolute atomic E-state index is 0.0879. The van der Waals surface area contributed by atoms with E-state index in [2.05, 4.69) is 15.6 Å². The normalized spacial score (nSPS) is 21.0. The lowest BCUT2D eigenvalue weighted by Crippen LogP contribution is -2.49. The number of hydrogen-bond donors (Lipinski definition) is 2. The van der Waals surface area contributed by atoms with E-state index in [1.54, 1.807) is 39.3 Å². The Morgan fingerprint density at radius 3 is 2.47 bits per heavy atom. The van der Waals surface area contributed by atoms with Crippen molar-refractivity contribution in [3.05, 3.63) is 64.7 Å². The zero-order chi connectivity index (χ0) is 30.6. The van der Waals surface area contributed by atoms with Crippen molar-refractivity contribution in [2.75, 3.05) is 13.7 Å². The van der Waals surface area contributed by atoms with Crippen LogP contribution in [0.25, 0.3) is 0 Å². The van der Waals surface area contributed by atoms with E-state index >= 15 is 0 Å². The Balaban J connectivity index is 1.29. The average Bonchev–Trinajstić information content (AvgIpc) is 3.36. The summed E-state index contributed by atoms with van der Waals surface area (Å²) in [5, 5.41) is 5.82. The molecular weight excluding hydrogens is 546 g/mol. The summed E-state index contributed by atoms with van der Waals surface area (Å²) in [6, 6.07) is 11.2. The summed E-state index contributed by atoms with van der Waals surface area (Å²) in [6.07, 6.45) is 6.90. The molecule has 2 N–H and O–H groups in total. The molecule has 3 aliphatic rings. The first-order chi connectivity index (χ1) is 20.6. The zero-order valence-electron chi connectivity index (χ0n) is 25.2. The number of fused-ring (bicyclic) bond motifs is 1. The van der Waals surface area contributed by atoms with Crippen molar-refractivity contribution >= 4 is 29.6 Å². The van der Waals surface area contributed by atoms with Crippen molar-refractivity contribution in [2.24, 2.45) is 16.8 Å². The van der Waals surface area contributed by atoms with E-state index in [4.69, 9.17) is 9.47 Å². The van der Waals surface area contributed by atoms with Crippen molar-refractivity contribution < 1.29 is 28.7 Å². The molecule has 9 heteroatoms. The minimum Gasteiger partial charge on any atom is -0.497 e. The molecule has 43 heavy (non-hydrogen) atoms. The van der Waals surface area contributed by atoms with Crippen LogP contribution in [0.15, 0.2) is 47.5 Å². The van der Waals surface area contributed by atoms with Crippen molar-refractivity contribution in [3.63, 3.8) is 0 Å². The summed E-state index contributed by atoms with van der Waals surface area (Å²) in [4.78, 5) is 57.9. The summed E-state index contributed by atoms with van der Waals surface area (Å²) in [5.41, 5.74) is 2.41. The monoisotopic (exact) mass is 587 g/mol. The number of rotatable bonds is 14. The molecule has 0 spiro atoms. The molecule has 2 heterocycles. The highest BCUT2D eigenvalue weighted by atomic mass is 16.6. The second kappa shape index (κ2) is 13.2. The molecule has 1 saturated heterocycles. The number of carbonyl (C=O) groups is 4. The molecule has 2 fully saturated rings. The Hall–Kier alpha value is -3.85. The Bertz CT molecular complexity index is 1390. The maximum Gasteiger partial charge on any atom is 0.251 e. The summed E-state index contributed by atoms with van der Waals surface area (Å²) in [5.74, 6) is -0.738. The standard InChI is InChI=1S/C34H41N3O6/c1-21(36-32(40)24-10-11-25-18-35-19-27(25)16-24)30(38)17-26(14-23-8-12-28(42-3)13-9-23)33(41)37-29(15-22-6-4-5-7-22)31(39)34(2)20-43-34/h8-13,16,18,21-22,26,29H,4-7,14-15,17,19-20H2,1-3H3,(H,36,40)(H,37,41). The fourth-order valence-electron chi connectivity index (χ4n) is 6.06. The Morgan fingerprint density at radius 2 is 1.79 bits per heavy atom. The smallest absolute Gasteiger partial charge is 0.251 e. The van der Waals surface area contributed by atoms with Gasteiger partial charge in [-0.2, -0.15) is 0 Å². The number of epoxide rings is 1. The number of benzene rings is 2. The van der Waals surface area contributed by atoms with Crippen LogP contribution in [0.5, 0.6) is 5.75 Å². The van der Waals surface area contributed by atoms with Crippen LogP contribution in [-0.2, 0) is 32.1 Å². The molecule has 1 saturated carbocycles. The third-order valence-electron chi connectivity index (χ3n) is 8.96. The highest BCUT2D eigenvalue weighted by Crippen LogP contribution is 2.34. The third-order valence-corrected chi connectivity index (χ3v) is 8.96. The van der Waals surface area contributed by atoms with E-state index in [1.165, 1.54) is 0 Å². The van der Waals surface area contributed by atoms with E-state index in [0.29, 0.717) is 43.2 Å². The van der Waals surface area contributed by atoms with Gasteiger partial charge in [0.25, 0.3) is 5.91 Å². The lowest BCUT2D eigenvalue weighted by atomic mass is 9.88. The maximum atomic E-state index is 13.8. The Kier molecular flexibility index (Phi) is 9.40. The predicted octanol–water partition coefficient (Wildman–Crippen LogP) is 3.99. The van der Waals surface area contributed by atoms with Gasteiger partial charge in [-0.25, -0.2) is 0 Å². The van der Waals surface area contributed by atoms with Crippen LogP contribution >= 0.6 is 0 Å². The van der Waals surface area contributed by atoms with Crippen molar-refractivity contribution in [2.45, 2.75) is 83.0 Å². The number of carbonyl (C=O) groups excluding carboxylic acids is 4. The van der Waals surface area contributed by atoms with Gasteiger partial charge in [0.2, 0.25) is 5.91 Å². The molecule has 4 unspecified atom stereocenters. The van der Waals surface area contributed by atoms with Crippen LogP contribution < -0.4 is 15.4 Å². The van der Waals surface area contributed by atoms with Crippen molar-refractivity contribution in [3.8, 4) is 5.75 Å². The molecule has 9 nitrogen and oxygen atoms in total. The number of hydrogen-bond acceptors (Lipinski definition) is 7. The third kappa shape index (κ3) is 7.57. The zero-order valence-corrected chi connectivity index (χ0v) is 25.2. The first-order valence-corrected chi connectivity index (χ1v) is 15.2. The van der Waals surface area contributed by atoms with Gasteiger partial charge in [0.1, 0.15) is 11.4 Å². The second-order valence-corrected chi connectivity index (χ2v) is 12.3. The van der Waals surface area contributed by atoms with Gasteiger partial charge >= 0.3 is 0 Å². The molecular formula is C34H41N3O6. The number of amides is 2. The molecule has 2 aromatic rings. The van der Waals surface area contributed by atoms with Crippen LogP contribution in [0.2, 0.25) is 0 Å². The maximum absolute atomic E-state index is 13.8. The number of nitrogens with one attached hydrogen (secondary N) is 2. The van der Waals surface area contributed by atoms with Gasteiger partial charge in [-0.05, 0) is 73.6 Å².